The number of phenols is 1. The van der Waals surface area contributed by atoms with Gasteiger partial charge in [0.05, 0.1) is 19.1 Å². The summed E-state index contributed by atoms with van der Waals surface area (Å²) in [5.74, 6) is -3.16. The van der Waals surface area contributed by atoms with Crippen LogP contribution < -0.4 is 10.7 Å². The Morgan fingerprint density at radius 3 is 2.68 bits per heavy atom. The molecule has 1 aromatic carbocycles. The van der Waals surface area contributed by atoms with Crippen LogP contribution in [-0.2, 0) is 23.2 Å². The molecule has 12 nitrogen and oxygen atoms in total. The number of carbonyl (C=O) groups excluding carboxylic acids is 1. The molecule has 4 rings (SSSR count). The Morgan fingerprint density at radius 1 is 1.16 bits per heavy atom. The first kappa shape index (κ1) is 33.4. The first-order chi connectivity index (χ1) is 21.0. The van der Waals surface area contributed by atoms with Gasteiger partial charge in [-0.25, -0.2) is 4.57 Å². The number of carboxylic acid groups (broad SMARTS) is 1. The third-order valence-electron chi connectivity index (χ3n) is 8.05. The summed E-state index contributed by atoms with van der Waals surface area (Å²) >= 11 is 0. The zero-order valence-corrected chi connectivity index (χ0v) is 25.1. The lowest BCUT2D eigenvalue weighted by atomic mass is 9.69. The predicted octanol–water partition coefficient (Wildman–Crippen LogP) is 4.40. The number of phenolic OH excluding ortho intramolecular Hbond substituents is 1. The van der Waals surface area contributed by atoms with Gasteiger partial charge in [-0.2, -0.15) is 0 Å². The number of aliphatic hydroxyl groups is 1. The van der Waals surface area contributed by atoms with Crippen LogP contribution in [0.15, 0.2) is 58.3 Å². The van der Waals surface area contributed by atoms with Gasteiger partial charge in [-0.3, -0.25) is 23.4 Å². The molecule has 5 atom stereocenters. The molecule has 3 aliphatic rings. The van der Waals surface area contributed by atoms with Crippen molar-refractivity contribution in [2.75, 3.05) is 26.4 Å². The van der Waals surface area contributed by atoms with Crippen LogP contribution in [0.2, 0.25) is 0 Å². The molecule has 1 aliphatic heterocycles. The zero-order chi connectivity index (χ0) is 31.9. The number of aliphatic hydroxyl groups excluding tert-OH is 1. The summed E-state index contributed by atoms with van der Waals surface area (Å²) in [5.41, 5.74) is 1.43. The number of rotatable bonds is 15. The fraction of sp³-hybridized carbons (Fsp3) is 0.452. The minimum Gasteiger partial charge on any atom is -0.508 e. The Bertz CT molecular complexity index is 1550. The molecule has 1 saturated carbocycles. The summed E-state index contributed by atoms with van der Waals surface area (Å²) in [7, 11) is -4.22. The van der Waals surface area contributed by atoms with Crippen LogP contribution in [0.4, 0.5) is 0 Å². The number of aromatic hydroxyl groups is 1. The van der Waals surface area contributed by atoms with Crippen molar-refractivity contribution in [2.45, 2.75) is 44.4 Å². The van der Waals surface area contributed by atoms with E-state index in [-0.39, 0.29) is 49.2 Å². The SMILES string of the molecule is C=CCOP(=O)(O)OCC(CO)CCCCNC(=O)C1CCC(c2c3ccc(=O)cc-3oc3cc(O)ccc23)C(C(=O)O)C1. The highest BCUT2D eigenvalue weighted by molar-refractivity contribution is 7.47. The van der Waals surface area contributed by atoms with Crippen LogP contribution in [0.1, 0.15) is 50.0 Å². The first-order valence-corrected chi connectivity index (χ1v) is 16.1. The van der Waals surface area contributed by atoms with Gasteiger partial charge in [0, 0.05) is 48.1 Å². The summed E-state index contributed by atoms with van der Waals surface area (Å²) < 4.78 is 27.3. The molecule has 0 bridgehead atoms. The smallest absolute Gasteiger partial charge is 0.472 e. The molecule has 0 radical (unpaired) electrons. The predicted molar refractivity (Wildman–Crippen MR) is 161 cm³/mol. The number of amides is 1. The topological polar surface area (TPSA) is 193 Å². The van der Waals surface area contributed by atoms with Gasteiger partial charge in [0.2, 0.25) is 5.91 Å². The lowest BCUT2D eigenvalue weighted by Crippen LogP contribution is -2.38. The fourth-order valence-corrected chi connectivity index (χ4v) is 6.61. The average Bonchev–Trinajstić information content (AvgIpc) is 2.99. The van der Waals surface area contributed by atoms with E-state index in [2.05, 4.69) is 16.4 Å². The minimum atomic E-state index is -4.22. The highest BCUT2D eigenvalue weighted by Gasteiger charge is 2.40. The van der Waals surface area contributed by atoms with Gasteiger partial charge in [-0.15, -0.1) is 6.58 Å². The lowest BCUT2D eigenvalue weighted by molar-refractivity contribution is -0.145. The molecule has 0 saturated heterocycles. The maximum atomic E-state index is 13.0. The molecule has 1 aromatic rings. The lowest BCUT2D eigenvalue weighted by Gasteiger charge is -2.35. The van der Waals surface area contributed by atoms with Gasteiger partial charge < -0.3 is 29.9 Å². The molecule has 1 fully saturated rings. The number of fused-ring (bicyclic) bond motifs is 2. The molecule has 44 heavy (non-hydrogen) atoms. The third kappa shape index (κ3) is 8.34. The van der Waals surface area contributed by atoms with E-state index in [9.17, 15) is 39.2 Å². The summed E-state index contributed by atoms with van der Waals surface area (Å²) in [5, 5.41) is 33.4. The van der Waals surface area contributed by atoms with Crippen molar-refractivity contribution < 1.29 is 47.8 Å². The van der Waals surface area contributed by atoms with Gasteiger partial charge in [-0.05, 0) is 67.9 Å². The van der Waals surface area contributed by atoms with Crippen LogP contribution in [0.25, 0.3) is 22.3 Å². The molecule has 2 aliphatic carbocycles. The van der Waals surface area contributed by atoms with E-state index < -0.39 is 31.5 Å². The highest BCUT2D eigenvalue weighted by atomic mass is 31.2. The first-order valence-electron chi connectivity index (χ1n) is 14.6. The molecule has 1 amide bonds. The molecule has 13 heteroatoms. The van der Waals surface area contributed by atoms with Crippen LogP contribution in [0.5, 0.6) is 5.75 Å². The Kier molecular flexibility index (Phi) is 11.3. The van der Waals surface area contributed by atoms with E-state index in [1.165, 1.54) is 30.3 Å². The van der Waals surface area contributed by atoms with Crippen molar-refractivity contribution in [3.63, 3.8) is 0 Å². The van der Waals surface area contributed by atoms with Gasteiger partial charge >= 0.3 is 13.8 Å². The van der Waals surface area contributed by atoms with Gasteiger partial charge in [0.1, 0.15) is 17.1 Å². The van der Waals surface area contributed by atoms with Crippen LogP contribution in [0.3, 0.4) is 0 Å². The number of phosphoric ester groups is 1. The Hall–Kier alpha value is -3.54. The summed E-state index contributed by atoms with van der Waals surface area (Å²) in [6, 6.07) is 9.00. The van der Waals surface area contributed by atoms with E-state index in [0.717, 1.165) is 5.56 Å². The van der Waals surface area contributed by atoms with Crippen molar-refractivity contribution in [1.82, 2.24) is 5.32 Å². The second-order valence-electron chi connectivity index (χ2n) is 11.1. The fourth-order valence-electron chi connectivity index (χ4n) is 5.84. The third-order valence-corrected chi connectivity index (χ3v) is 9.00. The van der Waals surface area contributed by atoms with E-state index in [1.807, 2.05) is 0 Å². The van der Waals surface area contributed by atoms with Crippen molar-refractivity contribution in [1.29, 1.82) is 0 Å². The molecule has 5 unspecified atom stereocenters. The number of carbonyl (C=O) groups is 2. The van der Waals surface area contributed by atoms with Crippen LogP contribution in [-0.4, -0.2) is 58.5 Å². The molecule has 1 heterocycles. The van der Waals surface area contributed by atoms with Crippen LogP contribution in [0, 0.1) is 17.8 Å². The van der Waals surface area contributed by atoms with Crippen molar-refractivity contribution in [3.05, 3.63) is 64.8 Å². The van der Waals surface area contributed by atoms with E-state index in [0.29, 0.717) is 60.9 Å². The second-order valence-corrected chi connectivity index (χ2v) is 12.6. The van der Waals surface area contributed by atoms with Crippen molar-refractivity contribution >= 4 is 30.7 Å². The largest absolute Gasteiger partial charge is 0.508 e. The normalized spacial score (nSPS) is 20.6. The average molecular weight is 632 g/mol. The summed E-state index contributed by atoms with van der Waals surface area (Å²) in [6.07, 6.45) is 4.04. The number of nitrogens with one attached hydrogen (secondary N) is 1. The van der Waals surface area contributed by atoms with E-state index >= 15 is 0 Å². The number of unbranched alkanes of at least 4 members (excludes halogenated alkanes) is 1. The second kappa shape index (κ2) is 15.0. The highest BCUT2D eigenvalue weighted by Crippen LogP contribution is 2.48. The molecule has 238 valence electrons. The molecular formula is C31H38NO11P. The van der Waals surface area contributed by atoms with E-state index in [4.69, 9.17) is 8.94 Å². The molecule has 0 aromatic heterocycles. The van der Waals surface area contributed by atoms with Gasteiger partial charge in [0.25, 0.3) is 0 Å². The standard InChI is InChI=1S/C31H38NO11P/c1-2-13-41-44(39,40)42-18-19(17-33)5-3-4-12-32-30(36)20-6-9-23(26(14-20)31(37)38)29-24-10-7-21(34)15-27(24)43-28-16-22(35)8-11-25(28)29/h2,7-8,10-11,15-16,19-20,23,26,33-34H,1,3-6,9,12-14,17-18H2,(H,32,36)(H,37,38)(H,39,40). The number of carboxylic acids is 1. The number of hydrogen-bond acceptors (Lipinski definition) is 9. The quantitative estimate of drug-likeness (QED) is 0.0691. The zero-order valence-electron chi connectivity index (χ0n) is 24.2. The maximum absolute atomic E-state index is 13.0. The number of phosphoric acid groups is 1. The number of hydrogen-bond donors (Lipinski definition) is 5. The molecular weight excluding hydrogens is 593 g/mol. The summed E-state index contributed by atoms with van der Waals surface area (Å²) in [4.78, 5) is 47.2. The Balaban J connectivity index is 1.36. The number of aliphatic carboxylic acids is 1. The molecule has 5 N–H and O–H groups in total. The summed E-state index contributed by atoms with van der Waals surface area (Å²) in [6.45, 7) is 3.21. The minimum absolute atomic E-state index is 0.0231. The van der Waals surface area contributed by atoms with E-state index in [1.54, 1.807) is 12.1 Å². The van der Waals surface area contributed by atoms with Crippen LogP contribution >= 0.6 is 7.82 Å². The Labute approximate surface area is 254 Å². The number of benzene rings is 2. The Morgan fingerprint density at radius 2 is 1.95 bits per heavy atom. The van der Waals surface area contributed by atoms with Gasteiger partial charge in [-0.1, -0.05) is 12.5 Å². The monoisotopic (exact) mass is 631 g/mol. The van der Waals surface area contributed by atoms with Crippen molar-refractivity contribution in [3.8, 4) is 17.1 Å². The maximum Gasteiger partial charge on any atom is 0.472 e. The molecule has 0 spiro atoms. The van der Waals surface area contributed by atoms with Crippen molar-refractivity contribution in [2.24, 2.45) is 17.8 Å². The van der Waals surface area contributed by atoms with Gasteiger partial charge in [0.15, 0.2) is 5.43 Å².